The molecule has 0 fully saturated rings. The first-order valence-corrected chi connectivity index (χ1v) is 7.67. The Labute approximate surface area is 136 Å². The summed E-state index contributed by atoms with van der Waals surface area (Å²) in [6, 6.07) is 23.9. The van der Waals surface area contributed by atoms with E-state index in [2.05, 4.69) is 23.5 Å². The van der Waals surface area contributed by atoms with Crippen molar-refractivity contribution in [2.75, 3.05) is 5.32 Å². The van der Waals surface area contributed by atoms with Crippen LogP contribution in [0.3, 0.4) is 0 Å². The molecule has 3 aromatic rings. The minimum Gasteiger partial charge on any atom is -0.322 e. The zero-order chi connectivity index (χ0) is 16.2. The summed E-state index contributed by atoms with van der Waals surface area (Å²) in [5.41, 5.74) is 6.02. The molecule has 0 spiro atoms. The number of carbonyl (C=O) groups excluding carboxylic acids is 1. The van der Waals surface area contributed by atoms with Gasteiger partial charge in [0.15, 0.2) is 0 Å². The first-order chi connectivity index (χ1) is 11.1. The molecule has 0 atom stereocenters. The Balaban J connectivity index is 1.78. The SMILES string of the molecule is Cc1cc(C)cc(NC(=O)c2ccc(-c3ccccc3)cc2)c1. The molecule has 0 aliphatic rings. The lowest BCUT2D eigenvalue weighted by Crippen LogP contribution is -2.11. The van der Waals surface area contributed by atoms with Crippen molar-refractivity contribution >= 4 is 11.6 Å². The highest BCUT2D eigenvalue weighted by Gasteiger charge is 2.07. The summed E-state index contributed by atoms with van der Waals surface area (Å²) in [6.07, 6.45) is 0. The van der Waals surface area contributed by atoms with E-state index in [0.29, 0.717) is 5.56 Å². The van der Waals surface area contributed by atoms with Crippen LogP contribution < -0.4 is 5.32 Å². The third-order valence-electron chi connectivity index (χ3n) is 3.73. The number of aryl methyl sites for hydroxylation is 2. The van der Waals surface area contributed by atoms with Gasteiger partial charge in [0.05, 0.1) is 0 Å². The molecule has 0 unspecified atom stereocenters. The maximum absolute atomic E-state index is 12.4. The van der Waals surface area contributed by atoms with Gasteiger partial charge in [-0.1, -0.05) is 48.5 Å². The van der Waals surface area contributed by atoms with Crippen molar-refractivity contribution in [1.29, 1.82) is 0 Å². The molecule has 0 saturated heterocycles. The average Bonchev–Trinajstić information content (AvgIpc) is 2.55. The first kappa shape index (κ1) is 15.0. The highest BCUT2D eigenvalue weighted by atomic mass is 16.1. The number of carbonyl (C=O) groups is 1. The quantitative estimate of drug-likeness (QED) is 0.705. The fourth-order valence-corrected chi connectivity index (χ4v) is 2.69. The van der Waals surface area contributed by atoms with E-state index in [1.165, 1.54) is 0 Å². The van der Waals surface area contributed by atoms with Gasteiger partial charge in [0, 0.05) is 11.3 Å². The minimum absolute atomic E-state index is 0.0883. The number of rotatable bonds is 3. The van der Waals surface area contributed by atoms with Crippen LogP contribution in [0.1, 0.15) is 21.5 Å². The van der Waals surface area contributed by atoms with Gasteiger partial charge < -0.3 is 5.32 Å². The second-order valence-corrected chi connectivity index (χ2v) is 5.77. The summed E-state index contributed by atoms with van der Waals surface area (Å²) in [5.74, 6) is -0.0883. The van der Waals surface area contributed by atoms with Crippen LogP contribution in [-0.4, -0.2) is 5.91 Å². The fourth-order valence-electron chi connectivity index (χ4n) is 2.69. The van der Waals surface area contributed by atoms with Gasteiger partial charge in [-0.15, -0.1) is 0 Å². The molecule has 0 aliphatic heterocycles. The molecule has 2 heteroatoms. The minimum atomic E-state index is -0.0883. The Bertz CT molecular complexity index is 800. The van der Waals surface area contributed by atoms with Gasteiger partial charge in [0.25, 0.3) is 5.91 Å². The van der Waals surface area contributed by atoms with Crippen molar-refractivity contribution in [3.8, 4) is 11.1 Å². The summed E-state index contributed by atoms with van der Waals surface area (Å²) in [4.78, 5) is 12.4. The average molecular weight is 301 g/mol. The molecule has 0 aromatic heterocycles. The van der Waals surface area contributed by atoms with Gasteiger partial charge in [0.1, 0.15) is 0 Å². The maximum atomic E-state index is 12.4. The molecule has 0 aliphatic carbocycles. The number of hydrogen-bond donors (Lipinski definition) is 1. The van der Waals surface area contributed by atoms with Crippen LogP contribution in [0.25, 0.3) is 11.1 Å². The molecule has 0 bridgehead atoms. The van der Waals surface area contributed by atoms with E-state index in [1.807, 2.05) is 68.4 Å². The van der Waals surface area contributed by atoms with E-state index in [9.17, 15) is 4.79 Å². The number of benzene rings is 3. The number of anilines is 1. The molecule has 3 aromatic carbocycles. The van der Waals surface area contributed by atoms with E-state index in [-0.39, 0.29) is 5.91 Å². The van der Waals surface area contributed by atoms with Gasteiger partial charge in [-0.3, -0.25) is 4.79 Å². The summed E-state index contributed by atoms with van der Waals surface area (Å²) in [7, 11) is 0. The van der Waals surface area contributed by atoms with Crippen molar-refractivity contribution in [2.45, 2.75) is 13.8 Å². The van der Waals surface area contributed by atoms with Crippen molar-refractivity contribution in [1.82, 2.24) is 0 Å². The number of nitrogens with one attached hydrogen (secondary N) is 1. The topological polar surface area (TPSA) is 29.1 Å². The van der Waals surface area contributed by atoms with Crippen molar-refractivity contribution < 1.29 is 4.79 Å². The summed E-state index contributed by atoms with van der Waals surface area (Å²) in [5, 5.41) is 2.96. The summed E-state index contributed by atoms with van der Waals surface area (Å²) >= 11 is 0. The van der Waals surface area contributed by atoms with Crippen molar-refractivity contribution in [3.05, 3.63) is 89.5 Å². The largest absolute Gasteiger partial charge is 0.322 e. The molecule has 2 nitrogen and oxygen atoms in total. The van der Waals surface area contributed by atoms with E-state index in [1.54, 1.807) is 0 Å². The van der Waals surface area contributed by atoms with Gasteiger partial charge >= 0.3 is 0 Å². The molecule has 3 rings (SSSR count). The predicted molar refractivity (Wildman–Crippen MR) is 95.7 cm³/mol. The predicted octanol–water partition coefficient (Wildman–Crippen LogP) is 5.22. The van der Waals surface area contributed by atoms with Crippen molar-refractivity contribution in [3.63, 3.8) is 0 Å². The van der Waals surface area contributed by atoms with Crippen LogP contribution in [0.2, 0.25) is 0 Å². The molecule has 0 radical (unpaired) electrons. The molecule has 23 heavy (non-hydrogen) atoms. The fraction of sp³-hybridized carbons (Fsp3) is 0.0952. The van der Waals surface area contributed by atoms with Gasteiger partial charge in [-0.2, -0.15) is 0 Å². The normalized spacial score (nSPS) is 10.3. The zero-order valence-corrected chi connectivity index (χ0v) is 13.3. The van der Waals surface area contributed by atoms with Gasteiger partial charge in [-0.05, 0) is 60.4 Å². The van der Waals surface area contributed by atoms with Crippen LogP contribution in [-0.2, 0) is 0 Å². The first-order valence-electron chi connectivity index (χ1n) is 7.67. The third kappa shape index (κ3) is 3.67. The Morgan fingerprint density at radius 3 is 1.91 bits per heavy atom. The second kappa shape index (κ2) is 6.49. The highest BCUT2D eigenvalue weighted by molar-refractivity contribution is 6.04. The lowest BCUT2D eigenvalue weighted by Gasteiger charge is -2.08. The van der Waals surface area contributed by atoms with Gasteiger partial charge in [0.2, 0.25) is 0 Å². The Hall–Kier alpha value is -2.87. The Morgan fingerprint density at radius 2 is 1.30 bits per heavy atom. The smallest absolute Gasteiger partial charge is 0.255 e. The van der Waals surface area contributed by atoms with E-state index in [4.69, 9.17) is 0 Å². The van der Waals surface area contributed by atoms with E-state index < -0.39 is 0 Å². The van der Waals surface area contributed by atoms with E-state index in [0.717, 1.165) is 27.9 Å². The van der Waals surface area contributed by atoms with Crippen LogP contribution in [0.5, 0.6) is 0 Å². The third-order valence-corrected chi connectivity index (χ3v) is 3.73. The summed E-state index contributed by atoms with van der Waals surface area (Å²) in [6.45, 7) is 4.05. The Kier molecular flexibility index (Phi) is 4.24. The lowest BCUT2D eigenvalue weighted by atomic mass is 10.0. The second-order valence-electron chi connectivity index (χ2n) is 5.77. The number of amides is 1. The van der Waals surface area contributed by atoms with Crippen molar-refractivity contribution in [2.24, 2.45) is 0 Å². The van der Waals surface area contributed by atoms with Crippen LogP contribution in [0.15, 0.2) is 72.8 Å². The van der Waals surface area contributed by atoms with Crippen LogP contribution in [0.4, 0.5) is 5.69 Å². The zero-order valence-electron chi connectivity index (χ0n) is 13.3. The number of hydrogen-bond acceptors (Lipinski definition) is 1. The van der Waals surface area contributed by atoms with E-state index >= 15 is 0 Å². The molecule has 1 N–H and O–H groups in total. The lowest BCUT2D eigenvalue weighted by molar-refractivity contribution is 0.102. The van der Waals surface area contributed by atoms with Gasteiger partial charge in [-0.25, -0.2) is 0 Å². The molecule has 1 amide bonds. The molecule has 114 valence electrons. The molecule has 0 saturated carbocycles. The highest BCUT2D eigenvalue weighted by Crippen LogP contribution is 2.20. The molecule has 0 heterocycles. The van der Waals surface area contributed by atoms with Crippen LogP contribution in [0, 0.1) is 13.8 Å². The summed E-state index contributed by atoms with van der Waals surface area (Å²) < 4.78 is 0. The van der Waals surface area contributed by atoms with Crippen LogP contribution >= 0.6 is 0 Å². The maximum Gasteiger partial charge on any atom is 0.255 e. The monoisotopic (exact) mass is 301 g/mol. The Morgan fingerprint density at radius 1 is 0.739 bits per heavy atom. The standard InChI is InChI=1S/C21H19NO/c1-15-12-16(2)14-20(13-15)22-21(23)19-10-8-18(9-11-19)17-6-4-3-5-7-17/h3-14H,1-2H3,(H,22,23). The molecular formula is C21H19NO. The molecular weight excluding hydrogens is 282 g/mol.